The van der Waals surface area contributed by atoms with Crippen molar-refractivity contribution in [3.63, 3.8) is 0 Å². The molecule has 0 fully saturated rings. The minimum Gasteiger partial charge on any atom is -0.340 e. The minimum absolute atomic E-state index is 0.337. The Kier molecular flexibility index (Phi) is 2.44. The zero-order valence-electron chi connectivity index (χ0n) is 6.71. The van der Waals surface area contributed by atoms with Gasteiger partial charge >= 0.3 is 6.03 Å². The van der Waals surface area contributed by atoms with Crippen molar-refractivity contribution in [1.29, 1.82) is 0 Å². The van der Waals surface area contributed by atoms with E-state index >= 15 is 0 Å². The van der Waals surface area contributed by atoms with Crippen molar-refractivity contribution in [2.24, 2.45) is 0 Å². The van der Waals surface area contributed by atoms with Crippen molar-refractivity contribution >= 4 is 18.2 Å². The van der Waals surface area contributed by atoms with Gasteiger partial charge in [-0.05, 0) is 19.1 Å². The Bertz CT molecular complexity index is 340. The molecule has 0 aromatic carbocycles. The Morgan fingerprint density at radius 3 is 2.83 bits per heavy atom. The molecule has 12 heavy (non-hydrogen) atoms. The van der Waals surface area contributed by atoms with E-state index in [9.17, 15) is 4.79 Å². The van der Waals surface area contributed by atoms with Crippen LogP contribution in [0.2, 0.25) is 0 Å². The lowest BCUT2D eigenvalue weighted by atomic mass is 10.7. The molecule has 0 unspecified atom stereocenters. The highest BCUT2D eigenvalue weighted by Crippen LogP contribution is 1.90. The molecule has 0 radical (unpaired) electrons. The third kappa shape index (κ3) is 1.62. The normalized spacial score (nSPS) is 9.50. The van der Waals surface area contributed by atoms with Crippen molar-refractivity contribution in [1.82, 2.24) is 20.2 Å². The molecule has 0 bridgehead atoms. The number of nitrogens with zero attached hydrogens (tertiary/aromatic N) is 2. The van der Waals surface area contributed by atoms with Crippen LogP contribution in [0.4, 0.5) is 4.79 Å². The van der Waals surface area contributed by atoms with Crippen LogP contribution in [-0.4, -0.2) is 28.0 Å². The van der Waals surface area contributed by atoms with E-state index in [-0.39, 0.29) is 6.03 Å². The summed E-state index contributed by atoms with van der Waals surface area (Å²) in [5, 5.41) is 8.75. The standard InChI is InChI=1S/C5H9N5OS/c1-3-7-8-5(12)10(3)9-4(11)6-2/h1-2H3,(H,8,12)(H2,6,9,11). The Morgan fingerprint density at radius 1 is 1.75 bits per heavy atom. The molecular formula is C5H9N5OS. The maximum Gasteiger partial charge on any atom is 0.333 e. The van der Waals surface area contributed by atoms with Gasteiger partial charge in [0, 0.05) is 7.05 Å². The Balaban J connectivity index is 2.88. The fourth-order valence-electron chi connectivity index (χ4n) is 0.665. The zero-order valence-corrected chi connectivity index (χ0v) is 7.53. The molecule has 1 aromatic rings. The van der Waals surface area contributed by atoms with Gasteiger partial charge in [0.1, 0.15) is 5.82 Å². The van der Waals surface area contributed by atoms with Crippen LogP contribution >= 0.6 is 12.2 Å². The van der Waals surface area contributed by atoms with E-state index in [1.807, 2.05) is 0 Å². The van der Waals surface area contributed by atoms with Crippen LogP contribution < -0.4 is 10.7 Å². The van der Waals surface area contributed by atoms with Crippen LogP contribution in [0.25, 0.3) is 0 Å². The molecule has 0 aliphatic carbocycles. The predicted molar refractivity (Wildman–Crippen MR) is 46.0 cm³/mol. The van der Waals surface area contributed by atoms with Crippen molar-refractivity contribution in [3.05, 3.63) is 10.6 Å². The number of aryl methyl sites for hydroxylation is 1. The quantitative estimate of drug-likeness (QED) is 0.547. The third-order valence-electron chi connectivity index (χ3n) is 1.28. The van der Waals surface area contributed by atoms with Crippen molar-refractivity contribution < 1.29 is 4.79 Å². The predicted octanol–water partition coefficient (Wildman–Crippen LogP) is 0.132. The molecule has 0 saturated heterocycles. The number of aromatic nitrogens is 3. The number of hydrogen-bond donors (Lipinski definition) is 3. The number of aromatic amines is 1. The molecule has 7 heteroatoms. The zero-order chi connectivity index (χ0) is 9.14. The van der Waals surface area contributed by atoms with Crippen LogP contribution in [0, 0.1) is 11.7 Å². The second-order valence-corrected chi connectivity index (χ2v) is 2.49. The summed E-state index contributed by atoms with van der Waals surface area (Å²) >= 11 is 4.84. The smallest absolute Gasteiger partial charge is 0.333 e. The lowest BCUT2D eigenvalue weighted by Crippen LogP contribution is -2.32. The molecule has 66 valence electrons. The first kappa shape index (κ1) is 8.72. The van der Waals surface area contributed by atoms with Gasteiger partial charge in [0.2, 0.25) is 4.77 Å². The summed E-state index contributed by atoms with van der Waals surface area (Å²) in [4.78, 5) is 10.9. The first-order valence-corrected chi connectivity index (χ1v) is 3.68. The Morgan fingerprint density at radius 2 is 2.42 bits per heavy atom. The summed E-state index contributed by atoms with van der Waals surface area (Å²) in [5.74, 6) is 0.601. The molecule has 2 amide bonds. The van der Waals surface area contributed by atoms with Gasteiger partial charge in [-0.25, -0.2) is 14.9 Å². The van der Waals surface area contributed by atoms with Crippen LogP contribution in [-0.2, 0) is 0 Å². The first-order valence-electron chi connectivity index (χ1n) is 3.28. The van der Waals surface area contributed by atoms with Crippen LogP contribution in [0.3, 0.4) is 0 Å². The fourth-order valence-corrected chi connectivity index (χ4v) is 0.888. The molecule has 3 N–H and O–H groups in total. The number of amides is 2. The SMILES string of the molecule is CNC(=O)Nn1c(C)n[nH]c1=S. The summed E-state index contributed by atoms with van der Waals surface area (Å²) in [7, 11) is 1.52. The molecule has 0 atom stereocenters. The maximum atomic E-state index is 10.9. The second-order valence-electron chi connectivity index (χ2n) is 2.10. The summed E-state index contributed by atoms with van der Waals surface area (Å²) < 4.78 is 1.74. The molecule has 0 spiro atoms. The molecule has 0 aliphatic heterocycles. The van der Waals surface area contributed by atoms with Gasteiger partial charge in [-0.1, -0.05) is 0 Å². The van der Waals surface area contributed by atoms with E-state index in [1.165, 1.54) is 11.7 Å². The average molecular weight is 187 g/mol. The molecule has 1 heterocycles. The van der Waals surface area contributed by atoms with E-state index in [4.69, 9.17) is 12.2 Å². The van der Waals surface area contributed by atoms with Crippen LogP contribution in [0.15, 0.2) is 0 Å². The molecule has 0 aliphatic rings. The van der Waals surface area contributed by atoms with Gasteiger partial charge < -0.3 is 5.32 Å². The third-order valence-corrected chi connectivity index (χ3v) is 1.55. The topological polar surface area (TPSA) is 74.7 Å². The molecule has 1 aromatic heterocycles. The van der Waals surface area contributed by atoms with Crippen molar-refractivity contribution in [2.45, 2.75) is 6.92 Å². The average Bonchev–Trinajstić information content (AvgIpc) is 2.35. The number of H-pyrrole nitrogens is 1. The summed E-state index contributed by atoms with van der Waals surface area (Å²) in [6, 6.07) is -0.337. The largest absolute Gasteiger partial charge is 0.340 e. The lowest BCUT2D eigenvalue weighted by Gasteiger charge is -2.04. The maximum absolute atomic E-state index is 10.9. The number of carbonyl (C=O) groups excluding carboxylic acids is 1. The number of urea groups is 1. The number of carbonyl (C=O) groups is 1. The van der Waals surface area contributed by atoms with Gasteiger partial charge in [-0.2, -0.15) is 5.10 Å². The second kappa shape index (κ2) is 3.35. The van der Waals surface area contributed by atoms with E-state index < -0.39 is 0 Å². The highest BCUT2D eigenvalue weighted by atomic mass is 32.1. The monoisotopic (exact) mass is 187 g/mol. The minimum atomic E-state index is -0.337. The lowest BCUT2D eigenvalue weighted by molar-refractivity contribution is 0.251. The Hall–Kier alpha value is -1.37. The van der Waals surface area contributed by atoms with Crippen molar-refractivity contribution in [3.8, 4) is 0 Å². The molecule has 1 rings (SSSR count). The molecular weight excluding hydrogens is 178 g/mol. The van der Waals surface area contributed by atoms with Gasteiger partial charge in [0.25, 0.3) is 0 Å². The van der Waals surface area contributed by atoms with Crippen LogP contribution in [0.1, 0.15) is 5.82 Å². The van der Waals surface area contributed by atoms with Gasteiger partial charge in [-0.3, -0.25) is 5.10 Å². The summed E-state index contributed by atoms with van der Waals surface area (Å²) in [5.41, 5.74) is 2.48. The highest BCUT2D eigenvalue weighted by Gasteiger charge is 2.02. The van der Waals surface area contributed by atoms with Gasteiger partial charge in [-0.15, -0.1) is 0 Å². The number of rotatable bonds is 1. The van der Waals surface area contributed by atoms with E-state index in [2.05, 4.69) is 20.9 Å². The summed E-state index contributed by atoms with van der Waals surface area (Å²) in [6.45, 7) is 1.72. The number of hydrogen-bond acceptors (Lipinski definition) is 3. The highest BCUT2D eigenvalue weighted by molar-refractivity contribution is 7.71. The first-order chi connectivity index (χ1) is 5.65. The van der Waals surface area contributed by atoms with Gasteiger partial charge in [0.15, 0.2) is 0 Å². The summed E-state index contributed by atoms with van der Waals surface area (Å²) in [6.07, 6.45) is 0. The molecule has 0 saturated carbocycles. The molecule has 6 nitrogen and oxygen atoms in total. The van der Waals surface area contributed by atoms with E-state index in [0.29, 0.717) is 10.6 Å². The van der Waals surface area contributed by atoms with E-state index in [0.717, 1.165) is 0 Å². The number of nitrogens with one attached hydrogen (secondary N) is 3. The van der Waals surface area contributed by atoms with Gasteiger partial charge in [0.05, 0.1) is 0 Å². The fraction of sp³-hybridized carbons (Fsp3) is 0.400. The van der Waals surface area contributed by atoms with E-state index in [1.54, 1.807) is 6.92 Å². The Labute approximate surface area is 73.9 Å². The van der Waals surface area contributed by atoms with Crippen molar-refractivity contribution in [2.75, 3.05) is 12.5 Å². The van der Waals surface area contributed by atoms with Crippen LogP contribution in [0.5, 0.6) is 0 Å².